The van der Waals surface area contributed by atoms with Crippen molar-refractivity contribution in [2.24, 2.45) is 0 Å². The molecule has 0 radical (unpaired) electrons. The summed E-state index contributed by atoms with van der Waals surface area (Å²) in [5.74, 6) is -1.90. The first kappa shape index (κ1) is 22.9. The third-order valence-electron chi connectivity index (χ3n) is 4.88. The van der Waals surface area contributed by atoms with Crippen LogP contribution >= 0.6 is 0 Å². The molecule has 0 fully saturated rings. The standard InChI is InChI=1S/C23H23F2N3O4/c1-13-6-4-9-18(14(13)2)31-15(3)23(30)28-27-20(29)10-11-21-26-12-19(32-21)22-16(24)7-5-8-17(22)25/h4-9,12,15H,10-11H2,1-3H3,(H,27,29)(H,28,30)/t15-/m0/s1. The number of aryl methyl sites for hydroxylation is 2. The third kappa shape index (κ3) is 5.48. The molecule has 0 aliphatic carbocycles. The second kappa shape index (κ2) is 10.0. The smallest absolute Gasteiger partial charge is 0.279 e. The maximum atomic E-state index is 13.8. The van der Waals surface area contributed by atoms with Crippen molar-refractivity contribution in [3.63, 3.8) is 0 Å². The van der Waals surface area contributed by atoms with Crippen LogP contribution in [0.1, 0.15) is 30.4 Å². The van der Waals surface area contributed by atoms with Crippen molar-refractivity contribution in [2.45, 2.75) is 39.7 Å². The molecular formula is C23H23F2N3O4. The Bertz CT molecular complexity index is 1110. The normalized spacial score (nSPS) is 11.7. The Morgan fingerprint density at radius 3 is 2.50 bits per heavy atom. The fraction of sp³-hybridized carbons (Fsp3) is 0.261. The lowest BCUT2D eigenvalue weighted by Gasteiger charge is -2.17. The Labute approximate surface area is 183 Å². The van der Waals surface area contributed by atoms with Crippen molar-refractivity contribution in [1.29, 1.82) is 0 Å². The lowest BCUT2D eigenvalue weighted by molar-refractivity contribution is -0.132. The number of benzene rings is 2. The molecule has 2 aromatic carbocycles. The molecule has 168 valence electrons. The minimum atomic E-state index is -0.833. The number of rotatable bonds is 7. The SMILES string of the molecule is Cc1cccc(O[C@@H](C)C(=O)NNC(=O)CCc2ncc(-c3c(F)cccc3F)o2)c1C. The molecule has 1 aromatic heterocycles. The molecule has 0 spiro atoms. The van der Waals surface area contributed by atoms with Crippen LogP contribution in [0.15, 0.2) is 47.0 Å². The zero-order valence-corrected chi connectivity index (χ0v) is 17.9. The second-order valence-electron chi connectivity index (χ2n) is 7.21. The van der Waals surface area contributed by atoms with Gasteiger partial charge in [0.2, 0.25) is 5.91 Å². The van der Waals surface area contributed by atoms with Gasteiger partial charge in [-0.15, -0.1) is 0 Å². The number of ether oxygens (including phenoxy) is 1. The lowest BCUT2D eigenvalue weighted by atomic mass is 10.1. The van der Waals surface area contributed by atoms with E-state index in [4.69, 9.17) is 9.15 Å². The Kier molecular flexibility index (Phi) is 7.19. The van der Waals surface area contributed by atoms with E-state index in [1.165, 1.54) is 12.3 Å². The molecule has 1 atom stereocenters. The highest BCUT2D eigenvalue weighted by molar-refractivity contribution is 5.84. The molecule has 2 N–H and O–H groups in total. The Morgan fingerprint density at radius 1 is 1.09 bits per heavy atom. The van der Waals surface area contributed by atoms with E-state index in [1.54, 1.807) is 13.0 Å². The molecule has 3 aromatic rings. The van der Waals surface area contributed by atoms with Crippen molar-refractivity contribution in [2.75, 3.05) is 0 Å². The van der Waals surface area contributed by atoms with Gasteiger partial charge in [0, 0.05) is 12.8 Å². The van der Waals surface area contributed by atoms with Gasteiger partial charge in [0.25, 0.3) is 5.91 Å². The molecule has 0 saturated carbocycles. The molecule has 0 aliphatic rings. The molecule has 32 heavy (non-hydrogen) atoms. The molecule has 0 unspecified atom stereocenters. The number of halogens is 2. The number of nitrogens with zero attached hydrogens (tertiary/aromatic N) is 1. The van der Waals surface area contributed by atoms with Crippen molar-refractivity contribution < 1.29 is 27.5 Å². The van der Waals surface area contributed by atoms with Gasteiger partial charge < -0.3 is 9.15 Å². The van der Waals surface area contributed by atoms with Crippen LogP contribution in [0, 0.1) is 25.5 Å². The van der Waals surface area contributed by atoms with Crippen LogP contribution in [-0.2, 0) is 16.0 Å². The highest BCUT2D eigenvalue weighted by Gasteiger charge is 2.18. The van der Waals surface area contributed by atoms with Gasteiger partial charge >= 0.3 is 0 Å². The molecule has 3 rings (SSSR count). The Hall–Kier alpha value is -3.75. The molecule has 0 saturated heterocycles. The second-order valence-corrected chi connectivity index (χ2v) is 7.21. The van der Waals surface area contributed by atoms with Crippen LogP contribution in [0.25, 0.3) is 11.3 Å². The van der Waals surface area contributed by atoms with E-state index < -0.39 is 29.6 Å². The number of hydrogen-bond donors (Lipinski definition) is 2. The summed E-state index contributed by atoms with van der Waals surface area (Å²) in [6, 6.07) is 9.01. The van der Waals surface area contributed by atoms with Crippen LogP contribution in [0.5, 0.6) is 5.75 Å². The van der Waals surface area contributed by atoms with Crippen LogP contribution in [0.4, 0.5) is 8.78 Å². The minimum absolute atomic E-state index is 0.0633. The van der Waals surface area contributed by atoms with Gasteiger partial charge in [-0.25, -0.2) is 13.8 Å². The zero-order chi connectivity index (χ0) is 23.3. The number of carbonyl (C=O) groups excluding carboxylic acids is 2. The summed E-state index contributed by atoms with van der Waals surface area (Å²) in [6.07, 6.45) is 0.377. The summed E-state index contributed by atoms with van der Waals surface area (Å²) in [4.78, 5) is 28.2. The van der Waals surface area contributed by atoms with E-state index in [-0.39, 0.29) is 30.1 Å². The largest absolute Gasteiger partial charge is 0.481 e. The predicted octanol–water partition coefficient (Wildman–Crippen LogP) is 3.78. The molecule has 0 bridgehead atoms. The maximum absolute atomic E-state index is 13.8. The van der Waals surface area contributed by atoms with Crippen LogP contribution in [0.3, 0.4) is 0 Å². The predicted molar refractivity (Wildman–Crippen MR) is 112 cm³/mol. The summed E-state index contributed by atoms with van der Waals surface area (Å²) >= 11 is 0. The minimum Gasteiger partial charge on any atom is -0.481 e. The van der Waals surface area contributed by atoms with Gasteiger partial charge in [-0.2, -0.15) is 0 Å². The van der Waals surface area contributed by atoms with Crippen LogP contribution in [0.2, 0.25) is 0 Å². The van der Waals surface area contributed by atoms with E-state index in [2.05, 4.69) is 15.8 Å². The number of carbonyl (C=O) groups is 2. The third-order valence-corrected chi connectivity index (χ3v) is 4.88. The van der Waals surface area contributed by atoms with Crippen molar-refractivity contribution in [3.05, 3.63) is 71.2 Å². The van der Waals surface area contributed by atoms with E-state index >= 15 is 0 Å². The zero-order valence-electron chi connectivity index (χ0n) is 17.9. The van der Waals surface area contributed by atoms with Gasteiger partial charge in [0.15, 0.2) is 17.8 Å². The Morgan fingerprint density at radius 2 is 1.78 bits per heavy atom. The first-order chi connectivity index (χ1) is 15.3. The van der Waals surface area contributed by atoms with Crippen molar-refractivity contribution >= 4 is 11.8 Å². The molecular weight excluding hydrogens is 420 g/mol. The highest BCUT2D eigenvalue weighted by atomic mass is 19.1. The van der Waals surface area contributed by atoms with Gasteiger partial charge in [0.05, 0.1) is 11.8 Å². The first-order valence-corrected chi connectivity index (χ1v) is 9.97. The summed E-state index contributed by atoms with van der Waals surface area (Å²) < 4.78 is 38.7. The van der Waals surface area contributed by atoms with E-state index in [0.29, 0.717) is 5.75 Å². The van der Waals surface area contributed by atoms with E-state index in [9.17, 15) is 18.4 Å². The summed E-state index contributed by atoms with van der Waals surface area (Å²) in [5, 5.41) is 0. The fourth-order valence-electron chi connectivity index (χ4n) is 2.89. The van der Waals surface area contributed by atoms with E-state index in [0.717, 1.165) is 23.3 Å². The number of aromatic nitrogens is 1. The topological polar surface area (TPSA) is 93.5 Å². The van der Waals surface area contributed by atoms with Gasteiger partial charge in [-0.3, -0.25) is 20.4 Å². The van der Waals surface area contributed by atoms with Crippen LogP contribution < -0.4 is 15.6 Å². The maximum Gasteiger partial charge on any atom is 0.279 e. The molecule has 1 heterocycles. The monoisotopic (exact) mass is 443 g/mol. The van der Waals surface area contributed by atoms with Crippen LogP contribution in [-0.4, -0.2) is 22.9 Å². The number of hydrazine groups is 1. The molecule has 7 nitrogen and oxygen atoms in total. The van der Waals surface area contributed by atoms with Gasteiger partial charge in [0.1, 0.15) is 17.4 Å². The average molecular weight is 443 g/mol. The number of amides is 2. The van der Waals surface area contributed by atoms with Crippen molar-refractivity contribution in [3.8, 4) is 17.1 Å². The first-order valence-electron chi connectivity index (χ1n) is 9.97. The van der Waals surface area contributed by atoms with E-state index in [1.807, 2.05) is 26.0 Å². The van der Waals surface area contributed by atoms with Gasteiger partial charge in [-0.1, -0.05) is 18.2 Å². The summed E-state index contributed by atoms with van der Waals surface area (Å²) in [7, 11) is 0. The quantitative estimate of drug-likeness (QED) is 0.542. The van der Waals surface area contributed by atoms with Crippen molar-refractivity contribution in [1.82, 2.24) is 15.8 Å². The molecule has 9 heteroatoms. The highest BCUT2D eigenvalue weighted by Crippen LogP contribution is 2.26. The van der Waals surface area contributed by atoms with Gasteiger partial charge in [-0.05, 0) is 50.1 Å². The lowest BCUT2D eigenvalue weighted by Crippen LogP contribution is -2.47. The number of hydrogen-bond acceptors (Lipinski definition) is 5. The average Bonchev–Trinajstić information content (AvgIpc) is 3.22. The molecule has 0 aliphatic heterocycles. The summed E-state index contributed by atoms with van der Waals surface area (Å²) in [6.45, 7) is 5.40. The summed E-state index contributed by atoms with van der Waals surface area (Å²) in [5.41, 5.74) is 6.25. The Balaban J connectivity index is 1.48. The number of oxazole rings is 1. The fourth-order valence-corrected chi connectivity index (χ4v) is 2.89. The molecule has 2 amide bonds. The number of nitrogens with one attached hydrogen (secondary N) is 2.